The monoisotopic (exact) mass is 223 g/mol. The second-order valence-electron chi connectivity index (χ2n) is 3.37. The topological polar surface area (TPSA) is 64.1 Å². The van der Waals surface area contributed by atoms with E-state index in [2.05, 4.69) is 5.32 Å². The summed E-state index contributed by atoms with van der Waals surface area (Å²) in [6.45, 7) is 0. The van der Waals surface area contributed by atoms with Crippen molar-refractivity contribution in [3.8, 4) is 0 Å². The fourth-order valence-corrected chi connectivity index (χ4v) is 1.30. The maximum absolute atomic E-state index is 5.60. The predicted molar refractivity (Wildman–Crippen MR) is 72.1 cm³/mol. The van der Waals surface area contributed by atoms with Crippen LogP contribution in [-0.4, -0.2) is 29.6 Å². The molecule has 0 saturated heterocycles. The summed E-state index contributed by atoms with van der Waals surface area (Å²) in [6, 6.07) is 15.2. The molecule has 0 amide bonds. The van der Waals surface area contributed by atoms with Gasteiger partial charge in [0.15, 0.2) is 0 Å². The molecule has 0 aliphatic rings. The van der Waals surface area contributed by atoms with Gasteiger partial charge < -0.3 is 16.8 Å². The molecule has 2 rings (SSSR count). The average molecular weight is 223 g/mol. The SMILES string of the molecule is Nc1ccc(Nc2ccc(N)cc2)cc1.[NaH]. The van der Waals surface area contributed by atoms with Gasteiger partial charge in [-0.1, -0.05) is 0 Å². The van der Waals surface area contributed by atoms with E-state index in [0.29, 0.717) is 0 Å². The van der Waals surface area contributed by atoms with Crippen LogP contribution in [0.25, 0.3) is 0 Å². The Kier molecular flexibility index (Phi) is 4.68. The van der Waals surface area contributed by atoms with Gasteiger partial charge in [0.2, 0.25) is 0 Å². The number of nitrogen functional groups attached to an aromatic ring is 2. The van der Waals surface area contributed by atoms with Gasteiger partial charge in [-0.05, 0) is 48.5 Å². The van der Waals surface area contributed by atoms with Crippen molar-refractivity contribution in [3.63, 3.8) is 0 Å². The van der Waals surface area contributed by atoms with E-state index in [-0.39, 0.29) is 29.6 Å². The Labute approximate surface area is 117 Å². The molecule has 5 N–H and O–H groups in total. The Morgan fingerprint density at radius 1 is 0.625 bits per heavy atom. The number of nitrogens with two attached hydrogens (primary N) is 2. The number of benzene rings is 2. The Balaban J connectivity index is 0.00000128. The van der Waals surface area contributed by atoms with Crippen molar-refractivity contribution in [1.82, 2.24) is 0 Å². The van der Waals surface area contributed by atoms with E-state index in [1.807, 2.05) is 48.5 Å². The van der Waals surface area contributed by atoms with Gasteiger partial charge in [0, 0.05) is 22.7 Å². The zero-order chi connectivity index (χ0) is 10.7. The molecule has 0 aliphatic heterocycles. The fourth-order valence-electron chi connectivity index (χ4n) is 1.30. The first kappa shape index (κ1) is 12.9. The third-order valence-electron chi connectivity index (χ3n) is 2.11. The molecule has 2 aromatic carbocycles. The quantitative estimate of drug-likeness (QED) is 0.538. The molecule has 0 atom stereocenters. The second-order valence-corrected chi connectivity index (χ2v) is 3.37. The van der Waals surface area contributed by atoms with E-state index in [0.717, 1.165) is 22.7 Å². The minimum absolute atomic E-state index is 0. The number of rotatable bonds is 2. The number of hydrogen-bond acceptors (Lipinski definition) is 3. The Morgan fingerprint density at radius 2 is 0.938 bits per heavy atom. The molecule has 3 nitrogen and oxygen atoms in total. The van der Waals surface area contributed by atoms with Crippen LogP contribution in [0.2, 0.25) is 0 Å². The van der Waals surface area contributed by atoms with Crippen LogP contribution < -0.4 is 16.8 Å². The molecule has 0 bridgehead atoms. The van der Waals surface area contributed by atoms with Gasteiger partial charge >= 0.3 is 29.6 Å². The van der Waals surface area contributed by atoms with Crippen molar-refractivity contribution in [3.05, 3.63) is 48.5 Å². The summed E-state index contributed by atoms with van der Waals surface area (Å²) in [4.78, 5) is 0. The third-order valence-corrected chi connectivity index (χ3v) is 2.11. The zero-order valence-electron chi connectivity index (χ0n) is 8.27. The van der Waals surface area contributed by atoms with Crippen LogP contribution in [0.4, 0.5) is 22.7 Å². The Hall–Kier alpha value is -1.16. The van der Waals surface area contributed by atoms with Gasteiger partial charge in [-0.25, -0.2) is 0 Å². The molecular formula is C12H14N3Na. The molecule has 16 heavy (non-hydrogen) atoms. The predicted octanol–water partition coefficient (Wildman–Crippen LogP) is 1.95. The van der Waals surface area contributed by atoms with Crippen molar-refractivity contribution in [2.24, 2.45) is 0 Å². The van der Waals surface area contributed by atoms with Crippen LogP contribution in [-0.2, 0) is 0 Å². The summed E-state index contributed by atoms with van der Waals surface area (Å²) < 4.78 is 0. The third kappa shape index (κ3) is 3.45. The summed E-state index contributed by atoms with van der Waals surface area (Å²) in [5.74, 6) is 0. The number of anilines is 4. The first-order chi connectivity index (χ1) is 7.24. The summed E-state index contributed by atoms with van der Waals surface area (Å²) in [6.07, 6.45) is 0. The van der Waals surface area contributed by atoms with Gasteiger partial charge in [-0.3, -0.25) is 0 Å². The number of nitrogens with one attached hydrogen (secondary N) is 1. The van der Waals surface area contributed by atoms with Crippen molar-refractivity contribution in [2.45, 2.75) is 0 Å². The van der Waals surface area contributed by atoms with Crippen molar-refractivity contribution in [1.29, 1.82) is 0 Å². The van der Waals surface area contributed by atoms with Gasteiger partial charge in [0.1, 0.15) is 0 Å². The molecule has 0 fully saturated rings. The Bertz CT molecular complexity index is 393. The van der Waals surface area contributed by atoms with E-state index < -0.39 is 0 Å². The minimum atomic E-state index is 0. The standard InChI is InChI=1S/C12H13N3.Na.H/c13-9-1-5-11(6-2-9)15-12-7-3-10(14)4-8-12;;/h1-8,15H,13-14H2;;. The Morgan fingerprint density at radius 3 is 1.25 bits per heavy atom. The van der Waals surface area contributed by atoms with Crippen LogP contribution in [0.3, 0.4) is 0 Å². The molecule has 0 saturated carbocycles. The first-order valence-corrected chi connectivity index (χ1v) is 4.72. The van der Waals surface area contributed by atoms with Crippen LogP contribution in [0.1, 0.15) is 0 Å². The summed E-state index contributed by atoms with van der Waals surface area (Å²) in [5.41, 5.74) is 14.7. The van der Waals surface area contributed by atoms with E-state index in [4.69, 9.17) is 11.5 Å². The molecule has 0 spiro atoms. The normalized spacial score (nSPS) is 9.25. The molecular weight excluding hydrogens is 209 g/mol. The average Bonchev–Trinajstić information content (AvgIpc) is 2.25. The van der Waals surface area contributed by atoms with Crippen LogP contribution >= 0.6 is 0 Å². The molecule has 0 unspecified atom stereocenters. The first-order valence-electron chi connectivity index (χ1n) is 4.72. The summed E-state index contributed by atoms with van der Waals surface area (Å²) in [7, 11) is 0. The van der Waals surface area contributed by atoms with Crippen molar-refractivity contribution >= 4 is 52.3 Å². The van der Waals surface area contributed by atoms with Gasteiger partial charge in [-0.15, -0.1) is 0 Å². The summed E-state index contributed by atoms with van der Waals surface area (Å²) >= 11 is 0. The molecule has 0 heterocycles. The van der Waals surface area contributed by atoms with Gasteiger partial charge in [-0.2, -0.15) is 0 Å². The molecule has 0 radical (unpaired) electrons. The van der Waals surface area contributed by atoms with E-state index in [1.165, 1.54) is 0 Å². The second kappa shape index (κ2) is 5.80. The molecule has 0 aliphatic carbocycles. The van der Waals surface area contributed by atoms with Gasteiger partial charge in [0.05, 0.1) is 0 Å². The van der Waals surface area contributed by atoms with E-state index in [9.17, 15) is 0 Å². The molecule has 78 valence electrons. The van der Waals surface area contributed by atoms with E-state index in [1.54, 1.807) is 0 Å². The van der Waals surface area contributed by atoms with Crippen molar-refractivity contribution < 1.29 is 0 Å². The zero-order valence-corrected chi connectivity index (χ0v) is 8.27. The molecule has 4 heteroatoms. The maximum atomic E-state index is 5.60. The van der Waals surface area contributed by atoms with Crippen molar-refractivity contribution in [2.75, 3.05) is 16.8 Å². The molecule has 0 aromatic heterocycles. The van der Waals surface area contributed by atoms with Gasteiger partial charge in [0.25, 0.3) is 0 Å². The molecule has 2 aromatic rings. The summed E-state index contributed by atoms with van der Waals surface area (Å²) in [5, 5.41) is 3.25. The van der Waals surface area contributed by atoms with Crippen LogP contribution in [0, 0.1) is 0 Å². The van der Waals surface area contributed by atoms with E-state index >= 15 is 0 Å². The van der Waals surface area contributed by atoms with Crippen LogP contribution in [0.15, 0.2) is 48.5 Å². The fraction of sp³-hybridized carbons (Fsp3) is 0. The number of hydrogen-bond donors (Lipinski definition) is 3. The van der Waals surface area contributed by atoms with Crippen LogP contribution in [0.5, 0.6) is 0 Å².